The normalized spacial score (nSPS) is 21.1. The maximum Gasteiger partial charge on any atom is 0.229 e. The molecule has 1 aromatic carbocycles. The molecule has 0 amide bonds. The molecule has 2 aromatic rings. The molecule has 2 aliphatic heterocycles. The van der Waals surface area contributed by atoms with Crippen molar-refractivity contribution in [2.75, 3.05) is 55.0 Å². The highest BCUT2D eigenvalue weighted by Gasteiger charge is 2.43. The van der Waals surface area contributed by atoms with Crippen LogP contribution in [0.4, 0.5) is 23.1 Å². The average Bonchev–Trinajstić information content (AvgIpc) is 2.79. The van der Waals surface area contributed by atoms with E-state index in [9.17, 15) is 8.42 Å². The van der Waals surface area contributed by atoms with Crippen LogP contribution in [0.5, 0.6) is 0 Å². The van der Waals surface area contributed by atoms with Gasteiger partial charge in [-0.15, -0.1) is 0 Å². The topological polar surface area (TPSA) is 93.7 Å². The third-order valence-electron chi connectivity index (χ3n) is 7.87. The first-order chi connectivity index (χ1) is 17.2. The molecule has 9 nitrogen and oxygen atoms in total. The van der Waals surface area contributed by atoms with Gasteiger partial charge in [0.15, 0.2) is 0 Å². The summed E-state index contributed by atoms with van der Waals surface area (Å²) >= 11 is 6.64. The Balaban J connectivity index is 1.44. The first-order valence-electron chi connectivity index (χ1n) is 12.8. The van der Waals surface area contributed by atoms with Gasteiger partial charge in [0.25, 0.3) is 0 Å². The number of rotatable bonds is 6. The molecule has 204 valence electrons. The molecule has 0 radical (unpaired) electrons. The third-order valence-corrected chi connectivity index (χ3v) is 9.48. The standard InChI is InChI=1S/C26H40ClN7O2S/c1-18-17-28-24(31-23(18)29-20-15-25(2,3)32(6)26(4,5)16-20)30-19-8-9-22(21(27)14-19)33-10-12-34(13-11-33)37(7,35)36/h8-9,14,17,20H,10-13,15-16H2,1-7H3,(H2,28,29,30,31). The lowest BCUT2D eigenvalue weighted by Crippen LogP contribution is -2.61. The Hall–Kier alpha value is -2.14. The van der Waals surface area contributed by atoms with E-state index in [0.29, 0.717) is 43.2 Å². The number of piperazine rings is 1. The molecule has 37 heavy (non-hydrogen) atoms. The minimum Gasteiger partial charge on any atom is -0.368 e. The van der Waals surface area contributed by atoms with E-state index in [4.69, 9.17) is 16.6 Å². The Labute approximate surface area is 226 Å². The number of sulfonamides is 1. The number of halogens is 1. The van der Waals surface area contributed by atoms with E-state index in [2.05, 4.69) is 60.2 Å². The van der Waals surface area contributed by atoms with Crippen LogP contribution in [0.2, 0.25) is 5.02 Å². The Morgan fingerprint density at radius 1 is 1.05 bits per heavy atom. The molecule has 11 heteroatoms. The zero-order chi connectivity index (χ0) is 27.2. The second kappa shape index (κ2) is 10.2. The lowest BCUT2D eigenvalue weighted by Gasteiger charge is -2.53. The van der Waals surface area contributed by atoms with Crippen LogP contribution in [-0.2, 0) is 10.0 Å². The summed E-state index contributed by atoms with van der Waals surface area (Å²) < 4.78 is 25.1. The van der Waals surface area contributed by atoms with Gasteiger partial charge in [0.05, 0.1) is 17.0 Å². The minimum absolute atomic E-state index is 0.0807. The molecule has 0 bridgehead atoms. The van der Waals surface area contributed by atoms with Gasteiger partial charge < -0.3 is 15.5 Å². The number of hydrogen-bond donors (Lipinski definition) is 2. The number of aromatic nitrogens is 2. The SMILES string of the molecule is Cc1cnc(Nc2ccc(N3CCN(S(C)(=O)=O)CC3)c(Cl)c2)nc1NC1CC(C)(C)N(C)C(C)(C)C1. The molecule has 4 rings (SSSR count). The average molecular weight is 550 g/mol. The predicted molar refractivity (Wildman–Crippen MR) is 153 cm³/mol. The molecule has 0 spiro atoms. The van der Waals surface area contributed by atoms with Crippen molar-refractivity contribution >= 4 is 44.8 Å². The van der Waals surface area contributed by atoms with Crippen LogP contribution in [0, 0.1) is 6.92 Å². The number of piperidine rings is 1. The van der Waals surface area contributed by atoms with Gasteiger partial charge in [0.1, 0.15) is 5.82 Å². The minimum atomic E-state index is -3.17. The summed E-state index contributed by atoms with van der Waals surface area (Å²) in [7, 11) is -0.962. The lowest BCUT2D eigenvalue weighted by atomic mass is 9.77. The highest BCUT2D eigenvalue weighted by atomic mass is 35.5. The Kier molecular flexibility index (Phi) is 7.69. The van der Waals surface area contributed by atoms with E-state index in [1.54, 1.807) is 0 Å². The molecule has 2 fully saturated rings. The summed E-state index contributed by atoms with van der Waals surface area (Å²) in [4.78, 5) is 13.9. The summed E-state index contributed by atoms with van der Waals surface area (Å²) in [5, 5.41) is 7.57. The summed E-state index contributed by atoms with van der Waals surface area (Å²) in [5.74, 6) is 1.34. The maximum atomic E-state index is 11.8. The molecule has 1 aromatic heterocycles. The van der Waals surface area contributed by atoms with Gasteiger partial charge in [-0.25, -0.2) is 13.4 Å². The monoisotopic (exact) mass is 549 g/mol. The summed E-state index contributed by atoms with van der Waals surface area (Å²) in [6.07, 6.45) is 5.13. The Morgan fingerprint density at radius 3 is 2.24 bits per heavy atom. The third kappa shape index (κ3) is 6.30. The second-order valence-corrected chi connectivity index (χ2v) is 14.0. The van der Waals surface area contributed by atoms with Crippen LogP contribution in [0.15, 0.2) is 24.4 Å². The molecule has 2 saturated heterocycles. The molecule has 2 N–H and O–H groups in total. The van der Waals surface area contributed by atoms with Crippen molar-refractivity contribution in [3.05, 3.63) is 35.0 Å². The van der Waals surface area contributed by atoms with Crippen molar-refractivity contribution in [3.63, 3.8) is 0 Å². The fraction of sp³-hybridized carbons (Fsp3) is 0.615. The fourth-order valence-electron chi connectivity index (χ4n) is 5.55. The summed E-state index contributed by atoms with van der Waals surface area (Å²) in [6.45, 7) is 13.3. The lowest BCUT2D eigenvalue weighted by molar-refractivity contribution is -0.00773. The Morgan fingerprint density at radius 2 is 1.68 bits per heavy atom. The van der Waals surface area contributed by atoms with Gasteiger partial charge in [-0.3, -0.25) is 4.90 Å². The van der Waals surface area contributed by atoms with E-state index >= 15 is 0 Å². The van der Waals surface area contributed by atoms with E-state index in [0.717, 1.165) is 35.6 Å². The summed E-state index contributed by atoms with van der Waals surface area (Å²) in [6, 6.07) is 6.07. The molecular weight excluding hydrogens is 510 g/mol. The molecular formula is C26H40ClN7O2S. The van der Waals surface area contributed by atoms with Gasteiger partial charge in [-0.05, 0) is 72.7 Å². The molecule has 2 aliphatic rings. The van der Waals surface area contributed by atoms with Crippen LogP contribution >= 0.6 is 11.6 Å². The van der Waals surface area contributed by atoms with Crippen LogP contribution < -0.4 is 15.5 Å². The highest BCUT2D eigenvalue weighted by molar-refractivity contribution is 7.88. The van der Waals surface area contributed by atoms with Crippen molar-refractivity contribution in [3.8, 4) is 0 Å². The first-order valence-corrected chi connectivity index (χ1v) is 15.0. The number of hydrogen-bond acceptors (Lipinski definition) is 8. The zero-order valence-electron chi connectivity index (χ0n) is 23.0. The second-order valence-electron chi connectivity index (χ2n) is 11.6. The predicted octanol–water partition coefficient (Wildman–Crippen LogP) is 4.33. The first kappa shape index (κ1) is 27.9. The smallest absolute Gasteiger partial charge is 0.229 e. The molecule has 0 unspecified atom stereocenters. The van der Waals surface area contributed by atoms with Gasteiger partial charge >= 0.3 is 0 Å². The van der Waals surface area contributed by atoms with Gasteiger partial charge in [-0.1, -0.05) is 11.6 Å². The number of benzene rings is 1. The number of nitrogens with one attached hydrogen (secondary N) is 2. The quantitative estimate of drug-likeness (QED) is 0.550. The number of likely N-dealkylation sites (tertiary alicyclic amines) is 1. The van der Waals surface area contributed by atoms with Crippen molar-refractivity contribution < 1.29 is 8.42 Å². The van der Waals surface area contributed by atoms with Crippen molar-refractivity contribution in [1.29, 1.82) is 0 Å². The maximum absolute atomic E-state index is 11.8. The van der Waals surface area contributed by atoms with E-state index in [1.807, 2.05) is 31.3 Å². The largest absolute Gasteiger partial charge is 0.368 e. The van der Waals surface area contributed by atoms with Gasteiger partial charge in [0, 0.05) is 60.7 Å². The van der Waals surface area contributed by atoms with Crippen LogP contribution in [0.1, 0.15) is 46.1 Å². The van der Waals surface area contributed by atoms with Crippen molar-refractivity contribution in [2.24, 2.45) is 0 Å². The highest BCUT2D eigenvalue weighted by Crippen LogP contribution is 2.38. The van der Waals surface area contributed by atoms with Crippen molar-refractivity contribution in [2.45, 2.75) is 64.6 Å². The molecule has 0 saturated carbocycles. The molecule has 3 heterocycles. The zero-order valence-corrected chi connectivity index (χ0v) is 24.5. The molecule has 0 atom stereocenters. The fourth-order valence-corrected chi connectivity index (χ4v) is 6.67. The van der Waals surface area contributed by atoms with E-state index < -0.39 is 10.0 Å². The number of nitrogens with zero attached hydrogens (tertiary/aromatic N) is 5. The van der Waals surface area contributed by atoms with Crippen LogP contribution in [-0.4, -0.2) is 84.2 Å². The van der Waals surface area contributed by atoms with E-state index in [1.165, 1.54) is 10.6 Å². The van der Waals surface area contributed by atoms with Crippen LogP contribution in [0.3, 0.4) is 0 Å². The summed E-state index contributed by atoms with van der Waals surface area (Å²) in [5.41, 5.74) is 2.84. The Bertz CT molecular complexity index is 1230. The number of aryl methyl sites for hydroxylation is 1. The van der Waals surface area contributed by atoms with Gasteiger partial charge in [-0.2, -0.15) is 9.29 Å². The molecule has 0 aliphatic carbocycles. The van der Waals surface area contributed by atoms with Crippen molar-refractivity contribution in [1.82, 2.24) is 19.2 Å². The van der Waals surface area contributed by atoms with Gasteiger partial charge in [0.2, 0.25) is 16.0 Å². The van der Waals surface area contributed by atoms with Crippen LogP contribution in [0.25, 0.3) is 0 Å². The number of anilines is 4. The van der Waals surface area contributed by atoms with E-state index in [-0.39, 0.29) is 11.1 Å².